The van der Waals surface area contributed by atoms with E-state index in [-0.39, 0.29) is 0 Å². The number of hydrogen-bond acceptors (Lipinski definition) is 1. The lowest BCUT2D eigenvalue weighted by Gasteiger charge is -2.38. The highest BCUT2D eigenvalue weighted by Gasteiger charge is 2.47. The zero-order valence-corrected chi connectivity index (χ0v) is 39.3. The molecule has 66 heavy (non-hydrogen) atoms. The van der Waals surface area contributed by atoms with Crippen molar-refractivity contribution in [3.8, 4) is 33.4 Å². The second-order valence-corrected chi connectivity index (χ2v) is 18.6. The van der Waals surface area contributed by atoms with Gasteiger partial charge < -0.3 is 4.90 Å². The molecule has 0 radical (unpaired) electrons. The number of benzene rings is 10. The lowest BCUT2D eigenvalue weighted by atomic mass is 9.66. The average molecular weight is 837 g/mol. The summed E-state index contributed by atoms with van der Waals surface area (Å²) < 4.78 is 0. The third kappa shape index (κ3) is 6.02. The predicted octanol–water partition coefficient (Wildman–Crippen LogP) is 5.33. The Hall–Kier alpha value is -7.09. The zero-order valence-electron chi connectivity index (χ0n) is 39.3. The molecule has 10 aromatic rings. The summed E-state index contributed by atoms with van der Waals surface area (Å²) in [4.78, 5) is 2.69. The molecule has 0 heterocycles. The lowest BCUT2D eigenvalue weighted by Crippen LogP contribution is -2.43. The van der Waals surface area contributed by atoms with Crippen LogP contribution in [0.4, 0.5) is 17.1 Å². The molecule has 0 amide bonds. The fraction of sp³-hybridized carbons (Fsp3) is 0.0508. The molecule has 0 saturated carbocycles. The molecule has 0 saturated heterocycles. The summed E-state index contributed by atoms with van der Waals surface area (Å²) in [5.74, 6) is 0. The molecule has 7 heteroatoms. The van der Waals surface area contributed by atoms with Gasteiger partial charge in [0.2, 0.25) is 0 Å². The van der Waals surface area contributed by atoms with E-state index in [0.717, 1.165) is 0 Å². The van der Waals surface area contributed by atoms with E-state index in [0.29, 0.717) is 0 Å². The van der Waals surface area contributed by atoms with Gasteiger partial charge in [-0.05, 0) is 103 Å². The van der Waals surface area contributed by atoms with Gasteiger partial charge in [-0.25, -0.2) is 0 Å². The van der Waals surface area contributed by atoms with Crippen molar-refractivity contribution < 1.29 is 0 Å². The van der Waals surface area contributed by atoms with Crippen molar-refractivity contribution in [1.29, 1.82) is 0 Å². The van der Waals surface area contributed by atoms with E-state index in [1.807, 2.05) is 0 Å². The van der Waals surface area contributed by atoms with Gasteiger partial charge in [-0.1, -0.05) is 215 Å². The summed E-state index contributed by atoms with van der Waals surface area (Å²) in [7, 11) is 14.1. The lowest BCUT2D eigenvalue weighted by molar-refractivity contribution is 0.768. The highest BCUT2D eigenvalue weighted by atomic mass is 15.2. The van der Waals surface area contributed by atoms with Crippen LogP contribution in [0.2, 0.25) is 0 Å². The second-order valence-electron chi connectivity index (χ2n) is 18.6. The number of hydrogen-bond donors (Lipinski definition) is 0. The van der Waals surface area contributed by atoms with Gasteiger partial charge in [0.1, 0.15) is 47.1 Å². The van der Waals surface area contributed by atoms with Crippen LogP contribution in [0.15, 0.2) is 188 Å². The minimum Gasteiger partial charge on any atom is -0.311 e. The molecule has 1 aliphatic rings. The first-order valence-electron chi connectivity index (χ1n) is 23.5. The van der Waals surface area contributed by atoms with Crippen LogP contribution in [0.3, 0.4) is 0 Å². The Morgan fingerprint density at radius 2 is 0.727 bits per heavy atom. The standard InChI is InChI=1S/C59H49B6N/c1-34-51(60)49(42-29-15-20-36-18-9-11-26-40(36)42)53(62)55(64)57(34)66(58-35(2)52(61)50(54(63)56(58)65)43-30-16-21-37-19-10-12-27-41(37)43)47-33-17-32-46-48(47)44-28-13-14-31-45(44)59(46,38-22-5-3-6-23-38)39-24-7-4-8-25-39/h3-33H,60-65H2,1-2H3. The molecule has 0 atom stereocenters. The smallest absolute Gasteiger partial charge is 0.141 e. The van der Waals surface area contributed by atoms with Gasteiger partial charge in [0.15, 0.2) is 0 Å². The maximum atomic E-state index is 2.69. The maximum Gasteiger partial charge on any atom is 0.141 e. The largest absolute Gasteiger partial charge is 0.311 e. The summed E-state index contributed by atoms with van der Waals surface area (Å²) >= 11 is 0. The summed E-state index contributed by atoms with van der Waals surface area (Å²) in [5.41, 5.74) is 26.5. The number of nitrogens with zero attached hydrogens (tertiary/aromatic N) is 1. The third-order valence-electron chi connectivity index (χ3n) is 15.4. The first-order valence-corrected chi connectivity index (χ1v) is 23.5. The second kappa shape index (κ2) is 16.1. The molecular weight excluding hydrogens is 788 g/mol. The Morgan fingerprint density at radius 3 is 1.24 bits per heavy atom. The van der Waals surface area contributed by atoms with Gasteiger partial charge >= 0.3 is 0 Å². The monoisotopic (exact) mass is 837 g/mol. The molecule has 0 aromatic heterocycles. The molecule has 0 aliphatic heterocycles. The van der Waals surface area contributed by atoms with E-state index >= 15 is 0 Å². The first-order chi connectivity index (χ1) is 32.1. The average Bonchev–Trinajstić information content (AvgIpc) is 3.67. The summed E-state index contributed by atoms with van der Waals surface area (Å²) in [6.07, 6.45) is 0. The van der Waals surface area contributed by atoms with Crippen LogP contribution in [-0.2, 0) is 5.41 Å². The van der Waals surface area contributed by atoms with Crippen molar-refractivity contribution in [3.05, 3.63) is 221 Å². The zero-order chi connectivity index (χ0) is 45.4. The first kappa shape index (κ1) is 41.6. The Kier molecular flexibility index (Phi) is 10.2. The Morgan fingerprint density at radius 1 is 0.333 bits per heavy atom. The molecule has 0 unspecified atom stereocenters. The van der Waals surface area contributed by atoms with E-state index < -0.39 is 5.41 Å². The van der Waals surface area contributed by atoms with Crippen LogP contribution >= 0.6 is 0 Å². The van der Waals surface area contributed by atoms with Crippen LogP contribution in [0.1, 0.15) is 33.4 Å². The van der Waals surface area contributed by atoms with Crippen LogP contribution in [0.5, 0.6) is 0 Å². The van der Waals surface area contributed by atoms with E-state index in [2.05, 4.69) is 254 Å². The fourth-order valence-electron chi connectivity index (χ4n) is 12.0. The van der Waals surface area contributed by atoms with E-state index in [9.17, 15) is 0 Å². The van der Waals surface area contributed by atoms with Gasteiger partial charge in [-0.15, -0.1) is 0 Å². The maximum absolute atomic E-state index is 2.69. The van der Waals surface area contributed by atoms with Crippen molar-refractivity contribution in [2.75, 3.05) is 4.90 Å². The minimum atomic E-state index is -0.529. The summed E-state index contributed by atoms with van der Waals surface area (Å²) in [6, 6.07) is 69.8. The van der Waals surface area contributed by atoms with Crippen molar-refractivity contribution in [2.24, 2.45) is 0 Å². The molecule has 0 spiro atoms. The summed E-state index contributed by atoms with van der Waals surface area (Å²) in [5, 5.41) is 5.09. The molecule has 0 bridgehead atoms. The highest BCUT2D eigenvalue weighted by molar-refractivity contribution is 6.59. The van der Waals surface area contributed by atoms with Gasteiger partial charge in [-0.2, -0.15) is 0 Å². The normalized spacial score (nSPS) is 12.6. The van der Waals surface area contributed by atoms with Gasteiger partial charge in [0.25, 0.3) is 0 Å². The van der Waals surface area contributed by atoms with Crippen LogP contribution < -0.4 is 37.7 Å². The third-order valence-corrected chi connectivity index (χ3v) is 15.4. The Labute approximate surface area is 395 Å². The number of rotatable bonds is 7. The molecule has 11 rings (SSSR count). The molecule has 1 nitrogen and oxygen atoms in total. The van der Waals surface area contributed by atoms with Crippen molar-refractivity contribution >= 4 is 118 Å². The fourth-order valence-corrected chi connectivity index (χ4v) is 12.0. The van der Waals surface area contributed by atoms with Crippen LogP contribution in [-0.4, -0.2) is 47.1 Å². The van der Waals surface area contributed by atoms with E-state index in [4.69, 9.17) is 0 Å². The van der Waals surface area contributed by atoms with Crippen LogP contribution in [0.25, 0.3) is 54.9 Å². The van der Waals surface area contributed by atoms with Crippen LogP contribution in [0, 0.1) is 13.8 Å². The number of fused-ring (bicyclic) bond motifs is 5. The quantitative estimate of drug-likeness (QED) is 0.197. The van der Waals surface area contributed by atoms with Crippen molar-refractivity contribution in [2.45, 2.75) is 19.3 Å². The number of anilines is 3. The topological polar surface area (TPSA) is 3.24 Å². The van der Waals surface area contributed by atoms with Crippen molar-refractivity contribution in [1.82, 2.24) is 0 Å². The van der Waals surface area contributed by atoms with Gasteiger partial charge in [0, 0.05) is 16.9 Å². The molecule has 0 N–H and O–H groups in total. The van der Waals surface area contributed by atoms with Crippen molar-refractivity contribution in [3.63, 3.8) is 0 Å². The SMILES string of the molecule is Bc1c(B)c(N(c2cccc3c2-c2ccccc2C3(c2ccccc2)c2ccccc2)c2c(B)c(B)c(-c3cccc4ccccc34)c(B)c2C)c(C)c(B)c1-c1cccc2ccccc12. The Balaban J connectivity index is 1.27. The Bertz CT molecular complexity index is 3330. The predicted molar refractivity (Wildman–Crippen MR) is 303 cm³/mol. The van der Waals surface area contributed by atoms with Gasteiger partial charge in [-0.3, -0.25) is 0 Å². The van der Waals surface area contributed by atoms with E-state index in [1.54, 1.807) is 0 Å². The van der Waals surface area contributed by atoms with E-state index in [1.165, 1.54) is 138 Å². The molecular formula is C59H49B6N. The molecule has 1 aliphatic carbocycles. The molecule has 10 aromatic carbocycles. The highest BCUT2D eigenvalue weighted by Crippen LogP contribution is 2.59. The van der Waals surface area contributed by atoms with Gasteiger partial charge in [0.05, 0.1) is 11.1 Å². The minimum absolute atomic E-state index is 0.529. The molecule has 308 valence electrons. The molecule has 0 fully saturated rings. The summed E-state index contributed by atoms with van der Waals surface area (Å²) in [6.45, 7) is 4.73.